The van der Waals surface area contributed by atoms with Crippen molar-refractivity contribution < 1.29 is 23.1 Å². The maximum Gasteiger partial charge on any atom is 0.260 e. The van der Waals surface area contributed by atoms with Gasteiger partial charge in [0.1, 0.15) is 23.0 Å². The van der Waals surface area contributed by atoms with Crippen LogP contribution in [-0.4, -0.2) is 28.5 Å². The molecule has 3 nitrogen and oxygen atoms in total. The quantitative estimate of drug-likeness (QED) is 0.911. The molecule has 0 saturated carbocycles. The molecule has 1 amide bonds. The molecule has 1 saturated heterocycles. The van der Waals surface area contributed by atoms with Gasteiger partial charge in [0.05, 0.1) is 6.10 Å². The van der Waals surface area contributed by atoms with Crippen molar-refractivity contribution in [1.29, 1.82) is 0 Å². The van der Waals surface area contributed by atoms with E-state index in [0.29, 0.717) is 31.5 Å². The second kappa shape index (κ2) is 7.27. The maximum absolute atomic E-state index is 13.9. The van der Waals surface area contributed by atoms with Crippen LogP contribution in [-0.2, 0) is 0 Å². The molecule has 1 aliphatic heterocycles. The molecule has 0 aliphatic carbocycles. The fourth-order valence-corrected chi connectivity index (χ4v) is 3.31. The van der Waals surface area contributed by atoms with Gasteiger partial charge in [-0.3, -0.25) is 4.79 Å². The van der Waals surface area contributed by atoms with E-state index in [1.165, 1.54) is 4.90 Å². The fourth-order valence-electron chi connectivity index (χ4n) is 3.31. The van der Waals surface area contributed by atoms with Crippen molar-refractivity contribution in [1.82, 2.24) is 4.90 Å². The molecule has 6 heteroatoms. The Kier molecular flexibility index (Phi) is 5.08. The van der Waals surface area contributed by atoms with E-state index in [-0.39, 0.29) is 12.5 Å². The van der Waals surface area contributed by atoms with Crippen LogP contribution in [0.15, 0.2) is 42.5 Å². The molecule has 2 atom stereocenters. The third-order valence-corrected chi connectivity index (χ3v) is 4.54. The SMILES string of the molecule is O=C(c1c(F)cc(F)cc1F)N1CCCC1CC(O)c1ccccc1. The van der Waals surface area contributed by atoms with Crippen molar-refractivity contribution in [2.45, 2.75) is 31.4 Å². The first-order valence-corrected chi connectivity index (χ1v) is 8.16. The zero-order valence-corrected chi connectivity index (χ0v) is 13.5. The highest BCUT2D eigenvalue weighted by Gasteiger charge is 2.34. The number of carbonyl (C=O) groups excluding carboxylic acids is 1. The lowest BCUT2D eigenvalue weighted by atomic mass is 10.00. The molecule has 2 unspecified atom stereocenters. The Bertz CT molecular complexity index is 744. The van der Waals surface area contributed by atoms with Gasteiger partial charge in [-0.05, 0) is 24.8 Å². The highest BCUT2D eigenvalue weighted by molar-refractivity contribution is 5.95. The Hall–Kier alpha value is -2.34. The van der Waals surface area contributed by atoms with Crippen LogP contribution in [0.5, 0.6) is 0 Å². The zero-order chi connectivity index (χ0) is 18.0. The fraction of sp³-hybridized carbons (Fsp3) is 0.316. The lowest BCUT2D eigenvalue weighted by molar-refractivity contribution is 0.0657. The van der Waals surface area contributed by atoms with E-state index >= 15 is 0 Å². The predicted molar refractivity (Wildman–Crippen MR) is 86.4 cm³/mol. The number of carbonyl (C=O) groups is 1. The molecular formula is C19H18F3NO2. The molecule has 1 heterocycles. The Balaban J connectivity index is 1.79. The lowest BCUT2D eigenvalue weighted by Gasteiger charge is -2.27. The molecule has 132 valence electrons. The van der Waals surface area contributed by atoms with Crippen molar-refractivity contribution >= 4 is 5.91 Å². The Labute approximate surface area is 143 Å². The Morgan fingerprint density at radius 1 is 1.16 bits per heavy atom. The van der Waals surface area contributed by atoms with Gasteiger partial charge in [0.15, 0.2) is 0 Å². The summed E-state index contributed by atoms with van der Waals surface area (Å²) in [6, 6.07) is 9.68. The summed E-state index contributed by atoms with van der Waals surface area (Å²) in [5, 5.41) is 10.4. The van der Waals surface area contributed by atoms with Crippen molar-refractivity contribution in [2.75, 3.05) is 6.54 Å². The third kappa shape index (κ3) is 3.69. The molecule has 0 bridgehead atoms. The minimum absolute atomic E-state index is 0.278. The van der Waals surface area contributed by atoms with E-state index in [0.717, 1.165) is 5.56 Å². The number of aliphatic hydroxyl groups excluding tert-OH is 1. The van der Waals surface area contributed by atoms with Gasteiger partial charge in [0, 0.05) is 24.7 Å². The molecular weight excluding hydrogens is 331 g/mol. The van der Waals surface area contributed by atoms with E-state index in [1.807, 2.05) is 6.07 Å². The van der Waals surface area contributed by atoms with Gasteiger partial charge < -0.3 is 10.0 Å². The summed E-state index contributed by atoms with van der Waals surface area (Å²) in [5.74, 6) is -4.30. The molecule has 3 rings (SSSR count). The van der Waals surface area contributed by atoms with Gasteiger partial charge >= 0.3 is 0 Å². The number of rotatable bonds is 4. The van der Waals surface area contributed by atoms with Crippen LogP contribution in [0, 0.1) is 17.5 Å². The molecule has 1 aliphatic rings. The zero-order valence-electron chi connectivity index (χ0n) is 13.5. The van der Waals surface area contributed by atoms with Crippen molar-refractivity contribution in [2.24, 2.45) is 0 Å². The number of aliphatic hydroxyl groups is 1. The Morgan fingerprint density at radius 3 is 2.44 bits per heavy atom. The maximum atomic E-state index is 13.9. The van der Waals surface area contributed by atoms with E-state index < -0.39 is 35.0 Å². The number of amides is 1. The second-order valence-electron chi connectivity index (χ2n) is 6.20. The number of halogens is 3. The molecule has 2 aromatic rings. The molecule has 1 N–H and O–H groups in total. The minimum Gasteiger partial charge on any atom is -0.388 e. The topological polar surface area (TPSA) is 40.5 Å². The van der Waals surface area contributed by atoms with Gasteiger partial charge in [-0.2, -0.15) is 0 Å². The van der Waals surface area contributed by atoms with Crippen molar-refractivity contribution in [3.05, 3.63) is 71.0 Å². The van der Waals surface area contributed by atoms with Crippen LogP contribution >= 0.6 is 0 Å². The number of benzene rings is 2. The van der Waals surface area contributed by atoms with Crippen LogP contribution < -0.4 is 0 Å². The van der Waals surface area contributed by atoms with Crippen molar-refractivity contribution in [3.63, 3.8) is 0 Å². The van der Waals surface area contributed by atoms with Crippen LogP contribution in [0.25, 0.3) is 0 Å². The number of hydrogen-bond donors (Lipinski definition) is 1. The second-order valence-corrected chi connectivity index (χ2v) is 6.20. The molecule has 2 aromatic carbocycles. The van der Waals surface area contributed by atoms with Gasteiger partial charge in [-0.25, -0.2) is 13.2 Å². The normalized spacial score (nSPS) is 18.4. The summed E-state index contributed by atoms with van der Waals surface area (Å²) in [5.41, 5.74) is -0.0246. The summed E-state index contributed by atoms with van der Waals surface area (Å²) >= 11 is 0. The van der Waals surface area contributed by atoms with E-state index in [1.54, 1.807) is 24.3 Å². The van der Waals surface area contributed by atoms with Crippen LogP contribution in [0.4, 0.5) is 13.2 Å². The standard InChI is InChI=1S/C19H18F3NO2/c20-13-9-15(21)18(16(22)10-13)19(25)23-8-4-7-14(23)11-17(24)12-5-2-1-3-6-12/h1-3,5-6,9-10,14,17,24H,4,7-8,11H2. The van der Waals surface area contributed by atoms with Crippen LogP contribution in [0.1, 0.15) is 41.3 Å². The van der Waals surface area contributed by atoms with Gasteiger partial charge in [0.25, 0.3) is 5.91 Å². The molecule has 0 spiro atoms. The number of likely N-dealkylation sites (tertiary alicyclic amines) is 1. The molecule has 1 fully saturated rings. The summed E-state index contributed by atoms with van der Waals surface area (Å²) in [7, 11) is 0. The largest absolute Gasteiger partial charge is 0.388 e. The first kappa shape index (κ1) is 17.5. The van der Waals surface area contributed by atoms with E-state index in [2.05, 4.69) is 0 Å². The summed E-state index contributed by atoms with van der Waals surface area (Å²) in [6.45, 7) is 0.348. The first-order valence-electron chi connectivity index (χ1n) is 8.16. The van der Waals surface area contributed by atoms with Gasteiger partial charge in [-0.15, -0.1) is 0 Å². The van der Waals surface area contributed by atoms with Crippen molar-refractivity contribution in [3.8, 4) is 0 Å². The van der Waals surface area contributed by atoms with E-state index in [4.69, 9.17) is 0 Å². The first-order chi connectivity index (χ1) is 12.0. The monoisotopic (exact) mass is 349 g/mol. The highest BCUT2D eigenvalue weighted by Crippen LogP contribution is 2.29. The summed E-state index contributed by atoms with van der Waals surface area (Å²) < 4.78 is 40.8. The summed E-state index contributed by atoms with van der Waals surface area (Å²) in [4.78, 5) is 13.9. The Morgan fingerprint density at radius 2 is 1.80 bits per heavy atom. The predicted octanol–water partition coefficient (Wildman–Crippen LogP) is 3.83. The average molecular weight is 349 g/mol. The van der Waals surface area contributed by atoms with Gasteiger partial charge in [0.2, 0.25) is 0 Å². The van der Waals surface area contributed by atoms with E-state index in [9.17, 15) is 23.1 Å². The third-order valence-electron chi connectivity index (χ3n) is 4.54. The molecule has 0 aromatic heterocycles. The lowest BCUT2D eigenvalue weighted by Crippen LogP contribution is -2.37. The molecule has 0 radical (unpaired) electrons. The minimum atomic E-state index is -1.21. The number of nitrogens with zero attached hydrogens (tertiary/aromatic N) is 1. The highest BCUT2D eigenvalue weighted by atomic mass is 19.1. The van der Waals surface area contributed by atoms with Crippen LogP contribution in [0.2, 0.25) is 0 Å². The van der Waals surface area contributed by atoms with Crippen LogP contribution in [0.3, 0.4) is 0 Å². The smallest absolute Gasteiger partial charge is 0.260 e. The average Bonchev–Trinajstić information content (AvgIpc) is 3.02. The molecule has 25 heavy (non-hydrogen) atoms. The van der Waals surface area contributed by atoms with Gasteiger partial charge in [-0.1, -0.05) is 30.3 Å². The number of hydrogen-bond acceptors (Lipinski definition) is 2. The summed E-state index contributed by atoms with van der Waals surface area (Å²) in [6.07, 6.45) is 0.824.